The first-order valence-electron chi connectivity index (χ1n) is 8.79. The van der Waals surface area contributed by atoms with E-state index in [2.05, 4.69) is 35.0 Å². The van der Waals surface area contributed by atoms with Gasteiger partial charge >= 0.3 is 6.03 Å². The smallest absolute Gasteiger partial charge is 0.321 e. The second-order valence-electron chi connectivity index (χ2n) is 7.09. The number of piperidine rings is 1. The van der Waals surface area contributed by atoms with Crippen LogP contribution >= 0.6 is 0 Å². The molecule has 0 unspecified atom stereocenters. The molecule has 128 valence electrons. The van der Waals surface area contributed by atoms with Gasteiger partial charge in [-0.1, -0.05) is 12.6 Å². The van der Waals surface area contributed by atoms with Gasteiger partial charge in [0.2, 0.25) is 0 Å². The summed E-state index contributed by atoms with van der Waals surface area (Å²) in [5.74, 6) is 1.47. The molecule has 0 spiro atoms. The molecule has 0 aliphatic carbocycles. The van der Waals surface area contributed by atoms with Gasteiger partial charge in [-0.15, -0.1) is 0 Å². The second kappa shape index (κ2) is 6.13. The van der Waals surface area contributed by atoms with E-state index in [-0.39, 0.29) is 6.03 Å². The number of carbonyl (C=O) groups is 1. The van der Waals surface area contributed by atoms with Gasteiger partial charge in [0.15, 0.2) is 0 Å². The second-order valence-corrected chi connectivity index (χ2v) is 7.09. The number of nitrogens with zero attached hydrogens (tertiary/aromatic N) is 2. The van der Waals surface area contributed by atoms with E-state index in [1.807, 2.05) is 4.90 Å². The molecule has 0 saturated carbocycles. The Kier molecular flexibility index (Phi) is 3.96. The van der Waals surface area contributed by atoms with Crippen LogP contribution < -0.4 is 10.1 Å². The van der Waals surface area contributed by atoms with Crippen LogP contribution in [0.2, 0.25) is 0 Å². The molecule has 2 atom stereocenters. The highest BCUT2D eigenvalue weighted by molar-refractivity contribution is 5.79. The monoisotopic (exact) mass is 327 g/mol. The van der Waals surface area contributed by atoms with Gasteiger partial charge in [0.25, 0.3) is 0 Å². The predicted octanol–water partition coefficient (Wildman–Crippen LogP) is 2.54. The van der Waals surface area contributed by atoms with Crippen molar-refractivity contribution < 1.29 is 9.53 Å². The summed E-state index contributed by atoms with van der Waals surface area (Å²) in [6.45, 7) is 7.62. The quantitative estimate of drug-likeness (QED) is 0.928. The first-order valence-corrected chi connectivity index (χ1v) is 8.79. The van der Waals surface area contributed by atoms with Crippen LogP contribution in [0.25, 0.3) is 0 Å². The molecule has 1 N–H and O–H groups in total. The van der Waals surface area contributed by atoms with Crippen LogP contribution in [-0.2, 0) is 6.42 Å². The molecule has 0 radical (unpaired) electrons. The molecule has 24 heavy (non-hydrogen) atoms. The molecule has 0 aromatic heterocycles. The van der Waals surface area contributed by atoms with Crippen LogP contribution in [-0.4, -0.2) is 49.1 Å². The van der Waals surface area contributed by atoms with Crippen LogP contribution in [0.4, 0.5) is 4.79 Å². The van der Waals surface area contributed by atoms with Crippen LogP contribution in [0.15, 0.2) is 30.5 Å². The predicted molar refractivity (Wildman–Crippen MR) is 93.0 cm³/mol. The number of benzene rings is 1. The minimum Gasteiger partial charge on any atom is -0.497 e. The Morgan fingerprint density at radius 2 is 2.25 bits per heavy atom. The molecular formula is C19H25N3O2. The van der Waals surface area contributed by atoms with E-state index < -0.39 is 0 Å². The average Bonchev–Trinajstić information content (AvgIpc) is 2.93. The van der Waals surface area contributed by atoms with Crippen LogP contribution in [0.5, 0.6) is 5.75 Å². The number of fused-ring (bicyclic) bond motifs is 3. The van der Waals surface area contributed by atoms with Crippen molar-refractivity contribution in [2.75, 3.05) is 33.3 Å². The molecule has 0 bridgehead atoms. The normalized spacial score (nSPS) is 26.8. The summed E-state index contributed by atoms with van der Waals surface area (Å²) >= 11 is 0. The summed E-state index contributed by atoms with van der Waals surface area (Å²) in [7, 11) is 1.72. The molecule has 2 amide bonds. The van der Waals surface area contributed by atoms with Crippen molar-refractivity contribution >= 4 is 6.03 Å². The lowest BCUT2D eigenvalue weighted by atomic mass is 9.82. The fourth-order valence-electron chi connectivity index (χ4n) is 4.34. The minimum absolute atomic E-state index is 0.0104. The number of rotatable bonds is 3. The first kappa shape index (κ1) is 15.5. The Bertz CT molecular complexity index is 657. The van der Waals surface area contributed by atoms with E-state index in [1.165, 1.54) is 11.1 Å². The van der Waals surface area contributed by atoms with Crippen molar-refractivity contribution in [3.05, 3.63) is 41.6 Å². The summed E-state index contributed by atoms with van der Waals surface area (Å²) in [5, 5.41) is 2.86. The Morgan fingerprint density at radius 3 is 3.00 bits per heavy atom. The van der Waals surface area contributed by atoms with Crippen LogP contribution in [0.3, 0.4) is 0 Å². The Balaban J connectivity index is 1.51. The number of methoxy groups -OCH3 is 1. The number of nitrogens with one attached hydrogen (secondary N) is 1. The van der Waals surface area contributed by atoms with Crippen LogP contribution in [0.1, 0.15) is 30.0 Å². The number of ether oxygens (including phenoxy) is 1. The van der Waals surface area contributed by atoms with E-state index in [0.29, 0.717) is 18.5 Å². The Hall–Kier alpha value is -2.01. The summed E-state index contributed by atoms with van der Waals surface area (Å²) in [6, 6.07) is 6.97. The number of amides is 2. The highest BCUT2D eigenvalue weighted by atomic mass is 16.5. The molecule has 5 nitrogen and oxygen atoms in total. The summed E-state index contributed by atoms with van der Waals surface area (Å²) in [4.78, 5) is 16.4. The third kappa shape index (κ3) is 2.67. The Labute approximate surface area is 143 Å². The van der Waals surface area contributed by atoms with Crippen molar-refractivity contribution in [3.8, 4) is 5.75 Å². The lowest BCUT2D eigenvalue weighted by Crippen LogP contribution is -2.44. The number of carbonyl (C=O) groups excluding carboxylic acids is 1. The highest BCUT2D eigenvalue weighted by Gasteiger charge is 2.35. The van der Waals surface area contributed by atoms with Gasteiger partial charge in [-0.2, -0.15) is 0 Å². The van der Waals surface area contributed by atoms with Gasteiger partial charge in [-0.05, 0) is 55.0 Å². The number of hydrogen-bond donors (Lipinski definition) is 1. The maximum Gasteiger partial charge on any atom is 0.321 e. The van der Waals surface area contributed by atoms with Crippen molar-refractivity contribution in [2.45, 2.75) is 25.3 Å². The molecule has 1 aromatic carbocycles. The number of urea groups is 1. The minimum atomic E-state index is 0.0104. The van der Waals surface area contributed by atoms with E-state index in [4.69, 9.17) is 4.74 Å². The van der Waals surface area contributed by atoms with Crippen molar-refractivity contribution in [3.63, 3.8) is 0 Å². The molecule has 3 aliphatic rings. The topological polar surface area (TPSA) is 44.8 Å². The first-order chi connectivity index (χ1) is 11.7. The van der Waals surface area contributed by atoms with Gasteiger partial charge < -0.3 is 10.1 Å². The maximum atomic E-state index is 11.9. The van der Waals surface area contributed by atoms with E-state index >= 15 is 0 Å². The van der Waals surface area contributed by atoms with E-state index in [1.54, 1.807) is 7.11 Å². The summed E-state index contributed by atoms with van der Waals surface area (Å²) < 4.78 is 5.38. The third-order valence-electron chi connectivity index (χ3n) is 5.71. The van der Waals surface area contributed by atoms with Crippen LogP contribution in [0, 0.1) is 5.92 Å². The Morgan fingerprint density at radius 1 is 1.38 bits per heavy atom. The molecule has 2 saturated heterocycles. The van der Waals surface area contributed by atoms with E-state index in [0.717, 1.165) is 50.3 Å². The van der Waals surface area contributed by atoms with Gasteiger partial charge in [-0.3, -0.25) is 9.80 Å². The summed E-state index contributed by atoms with van der Waals surface area (Å²) in [6.07, 6.45) is 3.36. The maximum absolute atomic E-state index is 11.9. The zero-order valence-corrected chi connectivity index (χ0v) is 14.3. The van der Waals surface area contributed by atoms with Gasteiger partial charge in [0.1, 0.15) is 5.75 Å². The van der Waals surface area contributed by atoms with E-state index in [9.17, 15) is 4.79 Å². The molecule has 5 heteroatoms. The summed E-state index contributed by atoms with van der Waals surface area (Å²) in [5.41, 5.74) is 3.76. The number of hydrogen-bond acceptors (Lipinski definition) is 3. The highest BCUT2D eigenvalue weighted by Crippen LogP contribution is 2.40. The van der Waals surface area contributed by atoms with Gasteiger partial charge in [0.05, 0.1) is 13.7 Å². The molecule has 2 fully saturated rings. The lowest BCUT2D eigenvalue weighted by molar-refractivity contribution is 0.0936. The average molecular weight is 327 g/mol. The zero-order chi connectivity index (χ0) is 16.7. The molecule has 3 heterocycles. The fraction of sp³-hybridized carbons (Fsp3) is 0.526. The van der Waals surface area contributed by atoms with Crippen molar-refractivity contribution in [1.82, 2.24) is 15.1 Å². The zero-order valence-electron chi connectivity index (χ0n) is 14.3. The van der Waals surface area contributed by atoms with Crippen molar-refractivity contribution in [1.29, 1.82) is 0 Å². The van der Waals surface area contributed by atoms with Gasteiger partial charge in [-0.25, -0.2) is 4.79 Å². The lowest BCUT2D eigenvalue weighted by Gasteiger charge is -2.44. The standard InChI is InChI=1S/C19H25N3O2/c1-13-11-20-19(23)22(13)12-14-5-7-21-8-6-15-10-16(24-2)3-4-17(15)18(21)9-14/h3-4,10,14,18H,1,5-9,11-12H2,2H3,(H,20,23)/t14-,18+/m1/s1. The van der Waals surface area contributed by atoms with Gasteiger partial charge in [0, 0.05) is 24.8 Å². The molecular weight excluding hydrogens is 302 g/mol. The molecule has 4 rings (SSSR count). The third-order valence-corrected chi connectivity index (χ3v) is 5.71. The molecule has 3 aliphatic heterocycles. The molecule has 1 aromatic rings. The SMILES string of the molecule is C=C1CNC(=O)N1C[C@@H]1CCN2CCc3cc(OC)ccc3[C@@H]2C1. The fourth-order valence-corrected chi connectivity index (χ4v) is 4.34. The largest absolute Gasteiger partial charge is 0.497 e. The van der Waals surface area contributed by atoms with Crippen molar-refractivity contribution in [2.24, 2.45) is 5.92 Å².